The second-order valence-corrected chi connectivity index (χ2v) is 8.43. The standard InChI is InChI=1S/C14H20BrNO3S/c1-11-10-16(7-6-14(11)17)8-9-20(18,19)13-4-2-12(15)3-5-13/h2-5,11,14,17H,6-10H2,1H3. The van der Waals surface area contributed by atoms with Gasteiger partial charge >= 0.3 is 0 Å². The molecule has 0 radical (unpaired) electrons. The Bertz CT molecular complexity index is 544. The highest BCUT2D eigenvalue weighted by atomic mass is 79.9. The molecule has 0 spiro atoms. The summed E-state index contributed by atoms with van der Waals surface area (Å²) >= 11 is 3.30. The minimum atomic E-state index is -3.23. The van der Waals surface area contributed by atoms with Crippen LogP contribution in [0, 0.1) is 5.92 Å². The van der Waals surface area contributed by atoms with E-state index < -0.39 is 9.84 Å². The van der Waals surface area contributed by atoms with Gasteiger partial charge in [-0.05, 0) is 36.6 Å². The molecule has 0 amide bonds. The number of hydrogen-bond acceptors (Lipinski definition) is 4. The van der Waals surface area contributed by atoms with Gasteiger partial charge in [-0.2, -0.15) is 0 Å². The van der Waals surface area contributed by atoms with E-state index in [4.69, 9.17) is 0 Å². The van der Waals surface area contributed by atoms with Crippen LogP contribution in [0.5, 0.6) is 0 Å². The molecule has 0 bridgehead atoms. The van der Waals surface area contributed by atoms with Crippen LogP contribution in [-0.2, 0) is 9.84 Å². The molecule has 1 fully saturated rings. The molecule has 112 valence electrons. The molecule has 2 atom stereocenters. The Morgan fingerprint density at radius 1 is 1.35 bits per heavy atom. The lowest BCUT2D eigenvalue weighted by atomic mass is 9.97. The van der Waals surface area contributed by atoms with Gasteiger partial charge in [-0.1, -0.05) is 22.9 Å². The van der Waals surface area contributed by atoms with Crippen LogP contribution in [0.1, 0.15) is 13.3 Å². The Labute approximate surface area is 128 Å². The molecule has 2 unspecified atom stereocenters. The van der Waals surface area contributed by atoms with Crippen molar-refractivity contribution in [1.82, 2.24) is 4.90 Å². The van der Waals surface area contributed by atoms with Gasteiger partial charge in [0, 0.05) is 24.1 Å². The maximum Gasteiger partial charge on any atom is 0.179 e. The van der Waals surface area contributed by atoms with Gasteiger partial charge < -0.3 is 10.0 Å². The van der Waals surface area contributed by atoms with Crippen molar-refractivity contribution in [3.63, 3.8) is 0 Å². The van der Waals surface area contributed by atoms with E-state index in [1.54, 1.807) is 24.3 Å². The van der Waals surface area contributed by atoms with Crippen LogP contribution in [0.25, 0.3) is 0 Å². The van der Waals surface area contributed by atoms with Crippen LogP contribution in [0.4, 0.5) is 0 Å². The van der Waals surface area contributed by atoms with Crippen LogP contribution >= 0.6 is 15.9 Å². The minimum absolute atomic E-state index is 0.122. The summed E-state index contributed by atoms with van der Waals surface area (Å²) in [5, 5.41) is 9.68. The van der Waals surface area contributed by atoms with Crippen LogP contribution < -0.4 is 0 Å². The number of likely N-dealkylation sites (tertiary alicyclic amines) is 1. The van der Waals surface area contributed by atoms with Crippen molar-refractivity contribution in [2.75, 3.05) is 25.4 Å². The van der Waals surface area contributed by atoms with Crippen molar-refractivity contribution < 1.29 is 13.5 Å². The fraction of sp³-hybridized carbons (Fsp3) is 0.571. The molecule has 20 heavy (non-hydrogen) atoms. The molecule has 1 aliphatic rings. The maximum atomic E-state index is 12.2. The average molecular weight is 362 g/mol. The van der Waals surface area contributed by atoms with Crippen molar-refractivity contribution in [1.29, 1.82) is 0 Å². The van der Waals surface area contributed by atoms with E-state index in [0.29, 0.717) is 11.4 Å². The monoisotopic (exact) mass is 361 g/mol. The second-order valence-electron chi connectivity index (χ2n) is 5.41. The maximum absolute atomic E-state index is 12.2. The molecule has 2 rings (SSSR count). The molecule has 0 aromatic heterocycles. The summed E-state index contributed by atoms with van der Waals surface area (Å²) in [4.78, 5) is 2.49. The number of piperidine rings is 1. The van der Waals surface area contributed by atoms with Gasteiger partial charge in [-0.15, -0.1) is 0 Å². The smallest absolute Gasteiger partial charge is 0.179 e. The molecule has 1 N–H and O–H groups in total. The summed E-state index contributed by atoms with van der Waals surface area (Å²) in [6.45, 7) is 4.05. The number of aliphatic hydroxyl groups excluding tert-OH is 1. The Kier molecular flexibility index (Phi) is 5.23. The van der Waals surface area contributed by atoms with Crippen molar-refractivity contribution >= 4 is 25.8 Å². The van der Waals surface area contributed by atoms with E-state index in [-0.39, 0.29) is 17.8 Å². The first-order valence-electron chi connectivity index (χ1n) is 6.77. The first-order chi connectivity index (χ1) is 9.38. The zero-order valence-electron chi connectivity index (χ0n) is 11.5. The molecule has 4 nitrogen and oxygen atoms in total. The minimum Gasteiger partial charge on any atom is -0.393 e. The normalized spacial score (nSPS) is 24.8. The average Bonchev–Trinajstić information content (AvgIpc) is 2.41. The van der Waals surface area contributed by atoms with E-state index in [1.807, 2.05) is 6.92 Å². The third-order valence-corrected chi connectivity index (χ3v) is 6.03. The summed E-state index contributed by atoms with van der Waals surface area (Å²) in [5.74, 6) is 0.330. The summed E-state index contributed by atoms with van der Waals surface area (Å²) in [7, 11) is -3.23. The predicted octanol–water partition coefficient (Wildman–Crippen LogP) is 1.93. The van der Waals surface area contributed by atoms with Gasteiger partial charge in [0.15, 0.2) is 9.84 Å². The highest BCUT2D eigenvalue weighted by molar-refractivity contribution is 9.10. The van der Waals surface area contributed by atoms with Crippen LogP contribution in [-0.4, -0.2) is 49.9 Å². The fourth-order valence-corrected chi connectivity index (χ4v) is 3.98. The zero-order valence-corrected chi connectivity index (χ0v) is 13.9. The lowest BCUT2D eigenvalue weighted by molar-refractivity contribution is 0.0375. The van der Waals surface area contributed by atoms with Crippen LogP contribution in [0.3, 0.4) is 0 Å². The van der Waals surface area contributed by atoms with Gasteiger partial charge in [0.05, 0.1) is 16.8 Å². The quantitative estimate of drug-likeness (QED) is 0.889. The summed E-state index contributed by atoms with van der Waals surface area (Å²) in [5.41, 5.74) is 0. The molecular formula is C14H20BrNO3S. The van der Waals surface area contributed by atoms with Crippen molar-refractivity contribution in [3.8, 4) is 0 Å². The van der Waals surface area contributed by atoms with E-state index in [0.717, 1.165) is 24.0 Å². The Morgan fingerprint density at radius 2 is 2.00 bits per heavy atom. The molecule has 0 saturated carbocycles. The molecule has 0 aliphatic carbocycles. The van der Waals surface area contributed by atoms with Gasteiger partial charge in [0.2, 0.25) is 0 Å². The zero-order chi connectivity index (χ0) is 14.8. The van der Waals surface area contributed by atoms with Crippen molar-refractivity contribution in [2.45, 2.75) is 24.3 Å². The third-order valence-electron chi connectivity index (χ3n) is 3.79. The molecule has 1 aliphatic heterocycles. The Hall–Kier alpha value is -0.430. The van der Waals surface area contributed by atoms with Gasteiger partial charge in [-0.25, -0.2) is 8.42 Å². The lowest BCUT2D eigenvalue weighted by Gasteiger charge is -2.34. The van der Waals surface area contributed by atoms with E-state index in [9.17, 15) is 13.5 Å². The summed E-state index contributed by atoms with van der Waals surface area (Å²) in [6, 6.07) is 6.74. The predicted molar refractivity (Wildman–Crippen MR) is 82.4 cm³/mol. The third kappa shape index (κ3) is 4.04. The number of benzene rings is 1. The molecule has 1 aromatic rings. The summed E-state index contributed by atoms with van der Waals surface area (Å²) in [6.07, 6.45) is 0.466. The molecule has 6 heteroatoms. The molecule has 1 aromatic carbocycles. The largest absolute Gasteiger partial charge is 0.393 e. The van der Waals surface area contributed by atoms with Crippen molar-refractivity contribution in [2.24, 2.45) is 5.92 Å². The van der Waals surface area contributed by atoms with Gasteiger partial charge in [0.25, 0.3) is 0 Å². The van der Waals surface area contributed by atoms with Gasteiger partial charge in [0.1, 0.15) is 0 Å². The second kappa shape index (κ2) is 6.56. The Morgan fingerprint density at radius 3 is 2.60 bits per heavy atom. The molecule has 1 heterocycles. The van der Waals surface area contributed by atoms with E-state index in [1.165, 1.54) is 0 Å². The summed E-state index contributed by atoms with van der Waals surface area (Å²) < 4.78 is 25.4. The van der Waals surface area contributed by atoms with Crippen molar-refractivity contribution in [3.05, 3.63) is 28.7 Å². The van der Waals surface area contributed by atoms with E-state index >= 15 is 0 Å². The Balaban J connectivity index is 1.94. The molecule has 1 saturated heterocycles. The highest BCUT2D eigenvalue weighted by Gasteiger charge is 2.25. The van der Waals surface area contributed by atoms with E-state index in [2.05, 4.69) is 20.8 Å². The number of aliphatic hydroxyl groups is 1. The number of hydrogen-bond donors (Lipinski definition) is 1. The SMILES string of the molecule is CC1CN(CCS(=O)(=O)c2ccc(Br)cc2)CCC1O. The van der Waals surface area contributed by atoms with Gasteiger partial charge in [-0.3, -0.25) is 0 Å². The lowest BCUT2D eigenvalue weighted by Crippen LogP contribution is -2.43. The first-order valence-corrected chi connectivity index (χ1v) is 9.22. The highest BCUT2D eigenvalue weighted by Crippen LogP contribution is 2.19. The first kappa shape index (κ1) is 15.9. The topological polar surface area (TPSA) is 57.6 Å². The number of rotatable bonds is 4. The van der Waals surface area contributed by atoms with Crippen LogP contribution in [0.2, 0.25) is 0 Å². The fourth-order valence-electron chi connectivity index (χ4n) is 2.43. The number of nitrogens with zero attached hydrogens (tertiary/aromatic N) is 1. The number of halogens is 1. The van der Waals surface area contributed by atoms with Crippen LogP contribution in [0.15, 0.2) is 33.6 Å². The number of sulfone groups is 1. The molecular weight excluding hydrogens is 342 g/mol.